The van der Waals surface area contributed by atoms with E-state index in [1.807, 2.05) is 0 Å². The van der Waals surface area contributed by atoms with Gasteiger partial charge in [-0.3, -0.25) is 0 Å². The Kier molecular flexibility index (Phi) is 4.75. The zero-order valence-corrected chi connectivity index (χ0v) is 11.5. The van der Waals surface area contributed by atoms with Gasteiger partial charge >= 0.3 is 0 Å². The van der Waals surface area contributed by atoms with Crippen LogP contribution in [0.4, 0.5) is 0 Å². The van der Waals surface area contributed by atoms with E-state index in [0.717, 1.165) is 19.8 Å². The predicted octanol–water partition coefficient (Wildman–Crippen LogP) is 2.37. The van der Waals surface area contributed by atoms with Gasteiger partial charge in [0.2, 0.25) is 0 Å². The zero-order chi connectivity index (χ0) is 13.0. The highest BCUT2D eigenvalue weighted by atomic mass is 16.6. The molecular formula is C15H23NO2. The Bertz CT molecular complexity index is 388. The van der Waals surface area contributed by atoms with E-state index in [0.29, 0.717) is 6.61 Å². The van der Waals surface area contributed by atoms with Crippen molar-refractivity contribution in [3.8, 4) is 0 Å². The van der Waals surface area contributed by atoms with Gasteiger partial charge in [0.25, 0.3) is 0 Å². The van der Waals surface area contributed by atoms with Crippen LogP contribution in [0.5, 0.6) is 0 Å². The van der Waals surface area contributed by atoms with Gasteiger partial charge in [-0.2, -0.15) is 0 Å². The van der Waals surface area contributed by atoms with Gasteiger partial charge in [-0.25, -0.2) is 0 Å². The quantitative estimate of drug-likeness (QED) is 0.839. The van der Waals surface area contributed by atoms with Crippen LogP contribution in [0.25, 0.3) is 0 Å². The van der Waals surface area contributed by atoms with Crippen molar-refractivity contribution >= 4 is 0 Å². The van der Waals surface area contributed by atoms with E-state index in [4.69, 9.17) is 9.47 Å². The minimum atomic E-state index is 0.274. The fraction of sp³-hybridized carbons (Fsp3) is 0.600. The van der Waals surface area contributed by atoms with E-state index in [1.165, 1.54) is 16.7 Å². The summed E-state index contributed by atoms with van der Waals surface area (Å²) >= 11 is 0. The summed E-state index contributed by atoms with van der Waals surface area (Å²) in [5, 5.41) is 3.50. The number of ether oxygens (including phenoxy) is 2. The topological polar surface area (TPSA) is 30.5 Å². The number of rotatable bonds is 6. The Labute approximate surface area is 109 Å². The van der Waals surface area contributed by atoms with E-state index < -0.39 is 0 Å². The van der Waals surface area contributed by atoms with Gasteiger partial charge in [0.15, 0.2) is 0 Å². The molecule has 0 aliphatic carbocycles. The molecule has 0 amide bonds. The Morgan fingerprint density at radius 3 is 2.78 bits per heavy atom. The van der Waals surface area contributed by atoms with Crippen LogP contribution in [-0.4, -0.2) is 32.5 Å². The van der Waals surface area contributed by atoms with Crippen LogP contribution < -0.4 is 5.32 Å². The average molecular weight is 249 g/mol. The Morgan fingerprint density at radius 2 is 2.17 bits per heavy atom. The van der Waals surface area contributed by atoms with Crippen molar-refractivity contribution < 1.29 is 9.47 Å². The fourth-order valence-corrected chi connectivity index (χ4v) is 2.18. The first-order chi connectivity index (χ1) is 8.70. The molecule has 1 atom stereocenters. The smallest absolute Gasteiger partial charge is 0.104 e. The summed E-state index contributed by atoms with van der Waals surface area (Å²) in [6, 6.07) is 6.86. The molecule has 3 nitrogen and oxygen atoms in total. The van der Waals surface area contributed by atoms with E-state index in [-0.39, 0.29) is 12.1 Å². The molecule has 0 bridgehead atoms. The molecule has 1 aliphatic rings. The van der Waals surface area contributed by atoms with Crippen molar-refractivity contribution in [1.29, 1.82) is 0 Å². The summed E-state index contributed by atoms with van der Waals surface area (Å²) in [5.74, 6) is 0. The Hall–Kier alpha value is -0.900. The summed E-state index contributed by atoms with van der Waals surface area (Å²) in [6.07, 6.45) is 0.288. The highest BCUT2D eigenvalue weighted by Crippen LogP contribution is 2.21. The first kappa shape index (κ1) is 13.5. The Balaban J connectivity index is 2.04. The maximum atomic E-state index is 5.85. The molecule has 100 valence electrons. The molecule has 2 rings (SSSR count). The van der Waals surface area contributed by atoms with Crippen molar-refractivity contribution in [1.82, 2.24) is 5.32 Å². The molecule has 18 heavy (non-hydrogen) atoms. The van der Waals surface area contributed by atoms with Crippen molar-refractivity contribution in [2.45, 2.75) is 32.9 Å². The van der Waals surface area contributed by atoms with Gasteiger partial charge < -0.3 is 14.8 Å². The molecular weight excluding hydrogens is 226 g/mol. The highest BCUT2D eigenvalue weighted by Gasteiger charge is 2.21. The second kappa shape index (κ2) is 6.32. The molecule has 0 radical (unpaired) electrons. The van der Waals surface area contributed by atoms with Crippen LogP contribution in [0.2, 0.25) is 0 Å². The molecule has 1 aliphatic heterocycles. The number of hydrogen-bond donors (Lipinski definition) is 1. The van der Waals surface area contributed by atoms with Gasteiger partial charge in [-0.05, 0) is 31.5 Å². The number of nitrogens with one attached hydrogen (secondary N) is 1. The number of likely N-dealkylation sites (N-methyl/N-ethyl adjacent to an activating group) is 1. The van der Waals surface area contributed by atoms with Crippen LogP contribution in [0.1, 0.15) is 29.7 Å². The van der Waals surface area contributed by atoms with Crippen molar-refractivity contribution in [3.63, 3.8) is 0 Å². The van der Waals surface area contributed by atoms with Crippen LogP contribution in [0, 0.1) is 13.8 Å². The molecule has 1 N–H and O–H groups in total. The lowest BCUT2D eigenvalue weighted by Gasteiger charge is -2.29. The molecule has 0 aromatic heterocycles. The lowest BCUT2D eigenvalue weighted by atomic mass is 9.99. The number of benzene rings is 1. The average Bonchev–Trinajstić information content (AvgIpc) is 2.29. The summed E-state index contributed by atoms with van der Waals surface area (Å²) in [4.78, 5) is 0. The van der Waals surface area contributed by atoms with Gasteiger partial charge in [0, 0.05) is 0 Å². The number of hydrogen-bond acceptors (Lipinski definition) is 3. The largest absolute Gasteiger partial charge is 0.376 e. The molecule has 1 aromatic carbocycles. The molecule has 0 saturated carbocycles. The zero-order valence-electron chi connectivity index (χ0n) is 11.5. The van der Waals surface area contributed by atoms with Gasteiger partial charge in [-0.15, -0.1) is 0 Å². The first-order valence-corrected chi connectivity index (χ1v) is 6.70. The van der Waals surface area contributed by atoms with Crippen LogP contribution in [0.3, 0.4) is 0 Å². The second-order valence-electron chi connectivity index (χ2n) is 4.96. The third kappa shape index (κ3) is 3.31. The van der Waals surface area contributed by atoms with Gasteiger partial charge in [-0.1, -0.05) is 30.7 Å². The normalized spacial score (nSPS) is 17.5. The maximum Gasteiger partial charge on any atom is 0.104 e. The summed E-state index contributed by atoms with van der Waals surface area (Å²) in [5.41, 5.74) is 3.96. The van der Waals surface area contributed by atoms with Crippen molar-refractivity contribution in [3.05, 3.63) is 34.9 Å². The van der Waals surface area contributed by atoms with Gasteiger partial charge in [0.05, 0.1) is 25.9 Å². The van der Waals surface area contributed by atoms with E-state index in [1.54, 1.807) is 0 Å². The minimum Gasteiger partial charge on any atom is -0.376 e. The minimum absolute atomic E-state index is 0.274. The SMILES string of the molecule is CCNC(COC1COC1)c1cc(C)ccc1C. The molecule has 1 aromatic rings. The maximum absolute atomic E-state index is 5.85. The van der Waals surface area contributed by atoms with Crippen molar-refractivity contribution in [2.24, 2.45) is 0 Å². The Morgan fingerprint density at radius 1 is 1.39 bits per heavy atom. The van der Waals surface area contributed by atoms with Crippen LogP contribution in [-0.2, 0) is 9.47 Å². The third-order valence-electron chi connectivity index (χ3n) is 3.37. The van der Waals surface area contributed by atoms with E-state index in [9.17, 15) is 0 Å². The van der Waals surface area contributed by atoms with Crippen LogP contribution in [0.15, 0.2) is 18.2 Å². The standard InChI is InChI=1S/C15H23NO2/c1-4-16-15(10-18-13-8-17-9-13)14-7-11(2)5-6-12(14)3/h5-7,13,15-16H,4,8-10H2,1-3H3. The fourth-order valence-electron chi connectivity index (χ4n) is 2.18. The molecule has 1 saturated heterocycles. The predicted molar refractivity (Wildman–Crippen MR) is 72.9 cm³/mol. The summed E-state index contributed by atoms with van der Waals surface area (Å²) < 4.78 is 11.0. The molecule has 1 fully saturated rings. The molecule has 1 unspecified atom stereocenters. The molecule has 0 spiro atoms. The first-order valence-electron chi connectivity index (χ1n) is 6.70. The summed E-state index contributed by atoms with van der Waals surface area (Å²) in [7, 11) is 0. The number of aryl methyl sites for hydroxylation is 2. The van der Waals surface area contributed by atoms with E-state index in [2.05, 4.69) is 44.3 Å². The van der Waals surface area contributed by atoms with Gasteiger partial charge in [0.1, 0.15) is 6.10 Å². The van der Waals surface area contributed by atoms with Crippen molar-refractivity contribution in [2.75, 3.05) is 26.4 Å². The lowest BCUT2D eigenvalue weighted by molar-refractivity contribution is -0.133. The highest BCUT2D eigenvalue weighted by molar-refractivity contribution is 5.33. The molecule has 1 heterocycles. The third-order valence-corrected chi connectivity index (χ3v) is 3.37. The lowest BCUT2D eigenvalue weighted by Crippen LogP contribution is -2.38. The van der Waals surface area contributed by atoms with Crippen LogP contribution >= 0.6 is 0 Å². The second-order valence-corrected chi connectivity index (χ2v) is 4.96. The molecule has 3 heteroatoms. The van der Waals surface area contributed by atoms with E-state index >= 15 is 0 Å². The monoisotopic (exact) mass is 249 g/mol. The summed E-state index contributed by atoms with van der Waals surface area (Å²) in [6.45, 7) is 9.56.